The number of carbonyl (C=O) groups excluding carboxylic acids is 1. The number of halogens is 1. The molecular weight excluding hydrogens is 366 g/mol. The van der Waals surface area contributed by atoms with Gasteiger partial charge in [0, 0.05) is 6.20 Å². The van der Waals surface area contributed by atoms with Crippen LogP contribution >= 0.6 is 11.6 Å². The Morgan fingerprint density at radius 2 is 2.15 bits per heavy atom. The predicted molar refractivity (Wildman–Crippen MR) is 104 cm³/mol. The van der Waals surface area contributed by atoms with E-state index in [4.69, 9.17) is 16.3 Å². The van der Waals surface area contributed by atoms with E-state index in [9.17, 15) is 4.79 Å². The fourth-order valence-electron chi connectivity index (χ4n) is 2.85. The molecule has 0 radical (unpaired) electrons. The van der Waals surface area contributed by atoms with Crippen molar-refractivity contribution in [3.8, 4) is 5.75 Å². The summed E-state index contributed by atoms with van der Waals surface area (Å²) in [5.74, 6) is 0.621. The quantitative estimate of drug-likeness (QED) is 0.701. The van der Waals surface area contributed by atoms with Crippen molar-refractivity contribution in [3.63, 3.8) is 0 Å². The monoisotopic (exact) mass is 387 g/mol. The third-order valence-corrected chi connectivity index (χ3v) is 4.64. The molecule has 8 heteroatoms. The van der Waals surface area contributed by atoms with Gasteiger partial charge in [0.15, 0.2) is 0 Å². The smallest absolute Gasteiger partial charge is 0.249 e. The van der Waals surface area contributed by atoms with Gasteiger partial charge in [0.1, 0.15) is 11.8 Å². The van der Waals surface area contributed by atoms with Crippen LogP contribution in [0.4, 0.5) is 5.69 Å². The van der Waals surface area contributed by atoms with Gasteiger partial charge in [-0.15, -0.1) is 0 Å². The van der Waals surface area contributed by atoms with Crippen LogP contribution in [0.5, 0.6) is 5.75 Å². The summed E-state index contributed by atoms with van der Waals surface area (Å²) >= 11 is 5.88. The summed E-state index contributed by atoms with van der Waals surface area (Å²) in [6.45, 7) is 6.17. The molecular formula is C19H22ClN5O2. The first-order valence-electron chi connectivity index (χ1n) is 8.56. The van der Waals surface area contributed by atoms with Gasteiger partial charge >= 0.3 is 0 Å². The zero-order chi connectivity index (χ0) is 19.6. The molecule has 1 amide bonds. The molecule has 0 spiro atoms. The number of anilines is 1. The third-order valence-electron chi connectivity index (χ3n) is 4.44. The minimum Gasteiger partial charge on any atom is -0.497 e. The first-order chi connectivity index (χ1) is 12.9. The summed E-state index contributed by atoms with van der Waals surface area (Å²) in [5.41, 5.74) is 3.43. The molecule has 1 aromatic carbocycles. The fourth-order valence-corrected chi connectivity index (χ4v) is 2.99. The molecule has 0 bridgehead atoms. The third kappa shape index (κ3) is 4.14. The number of rotatable bonds is 6. The van der Waals surface area contributed by atoms with Crippen molar-refractivity contribution < 1.29 is 9.53 Å². The van der Waals surface area contributed by atoms with E-state index in [1.54, 1.807) is 20.2 Å². The SMILES string of the molecule is COc1cccc(Cn2nc(C)c(NC(=O)C(C)n3cc(Cl)cn3)c2C)c1. The maximum atomic E-state index is 12.6. The molecule has 2 heterocycles. The van der Waals surface area contributed by atoms with Crippen LogP contribution in [0.1, 0.15) is 29.9 Å². The predicted octanol–water partition coefficient (Wildman–Crippen LogP) is 3.61. The van der Waals surface area contributed by atoms with Gasteiger partial charge in [-0.2, -0.15) is 10.2 Å². The Labute approximate surface area is 162 Å². The summed E-state index contributed by atoms with van der Waals surface area (Å²) in [6, 6.07) is 7.34. The number of benzene rings is 1. The van der Waals surface area contributed by atoms with E-state index in [0.29, 0.717) is 17.3 Å². The van der Waals surface area contributed by atoms with Gasteiger partial charge in [-0.25, -0.2) is 0 Å². The molecule has 0 fully saturated rings. The Bertz CT molecular complexity index is 963. The van der Waals surface area contributed by atoms with Crippen LogP contribution < -0.4 is 10.1 Å². The second kappa shape index (κ2) is 7.84. The molecule has 3 rings (SSSR count). The second-order valence-electron chi connectivity index (χ2n) is 6.36. The van der Waals surface area contributed by atoms with Gasteiger partial charge in [-0.1, -0.05) is 23.7 Å². The number of hydrogen-bond acceptors (Lipinski definition) is 4. The minimum absolute atomic E-state index is 0.179. The lowest BCUT2D eigenvalue weighted by Crippen LogP contribution is -2.24. The lowest BCUT2D eigenvalue weighted by molar-refractivity contribution is -0.119. The number of hydrogen-bond donors (Lipinski definition) is 1. The zero-order valence-electron chi connectivity index (χ0n) is 15.7. The van der Waals surface area contributed by atoms with Crippen molar-refractivity contribution in [1.82, 2.24) is 19.6 Å². The average molecular weight is 388 g/mol. The van der Waals surface area contributed by atoms with Gasteiger partial charge in [0.05, 0.1) is 41.9 Å². The van der Waals surface area contributed by atoms with Crippen molar-refractivity contribution in [3.05, 3.63) is 58.6 Å². The molecule has 2 aromatic heterocycles. The van der Waals surface area contributed by atoms with Crippen LogP contribution in [0, 0.1) is 13.8 Å². The lowest BCUT2D eigenvalue weighted by atomic mass is 10.2. The molecule has 0 aliphatic carbocycles. The van der Waals surface area contributed by atoms with Gasteiger partial charge in [0.2, 0.25) is 5.91 Å². The van der Waals surface area contributed by atoms with Crippen molar-refractivity contribution in [2.75, 3.05) is 12.4 Å². The Morgan fingerprint density at radius 3 is 2.81 bits per heavy atom. The molecule has 0 saturated heterocycles. The van der Waals surface area contributed by atoms with Gasteiger partial charge < -0.3 is 10.1 Å². The van der Waals surface area contributed by atoms with E-state index in [0.717, 1.165) is 22.7 Å². The Morgan fingerprint density at radius 1 is 1.37 bits per heavy atom. The van der Waals surface area contributed by atoms with Gasteiger partial charge in [-0.05, 0) is 38.5 Å². The largest absolute Gasteiger partial charge is 0.497 e. The average Bonchev–Trinajstić information content (AvgIpc) is 3.20. The molecule has 0 aliphatic rings. The zero-order valence-corrected chi connectivity index (χ0v) is 16.5. The topological polar surface area (TPSA) is 74.0 Å². The molecule has 142 valence electrons. The Balaban J connectivity index is 1.78. The van der Waals surface area contributed by atoms with Crippen molar-refractivity contribution >= 4 is 23.2 Å². The van der Waals surface area contributed by atoms with Crippen LogP contribution in [0.3, 0.4) is 0 Å². The van der Waals surface area contributed by atoms with Crippen molar-refractivity contribution in [2.45, 2.75) is 33.4 Å². The van der Waals surface area contributed by atoms with E-state index in [-0.39, 0.29) is 5.91 Å². The first-order valence-corrected chi connectivity index (χ1v) is 8.94. The Hall–Kier alpha value is -2.80. The number of aryl methyl sites for hydroxylation is 1. The fraction of sp³-hybridized carbons (Fsp3) is 0.316. The normalized spacial score (nSPS) is 12.0. The molecule has 1 N–H and O–H groups in total. The molecule has 1 atom stereocenters. The highest BCUT2D eigenvalue weighted by Crippen LogP contribution is 2.23. The van der Waals surface area contributed by atoms with E-state index in [1.165, 1.54) is 10.9 Å². The van der Waals surface area contributed by atoms with E-state index >= 15 is 0 Å². The number of methoxy groups -OCH3 is 1. The first kappa shape index (κ1) is 19.0. The van der Waals surface area contributed by atoms with Crippen LogP contribution in [0.15, 0.2) is 36.7 Å². The maximum absolute atomic E-state index is 12.6. The maximum Gasteiger partial charge on any atom is 0.249 e. The van der Waals surface area contributed by atoms with Crippen LogP contribution in [0.2, 0.25) is 5.02 Å². The second-order valence-corrected chi connectivity index (χ2v) is 6.80. The van der Waals surface area contributed by atoms with E-state index in [1.807, 2.05) is 42.8 Å². The molecule has 1 unspecified atom stereocenters. The standard InChI is InChI=1S/C19H22ClN5O2/c1-12-18(22-19(26)14(3)24-11-16(20)9-21-24)13(2)25(23-12)10-15-6-5-7-17(8-15)27-4/h5-9,11,14H,10H2,1-4H3,(H,22,26). The molecule has 0 aliphatic heterocycles. The van der Waals surface area contributed by atoms with Crippen LogP contribution in [-0.2, 0) is 11.3 Å². The van der Waals surface area contributed by atoms with Crippen molar-refractivity contribution in [2.24, 2.45) is 0 Å². The summed E-state index contributed by atoms with van der Waals surface area (Å²) in [6.07, 6.45) is 3.13. The number of amides is 1. The summed E-state index contributed by atoms with van der Waals surface area (Å²) in [7, 11) is 1.64. The highest BCUT2D eigenvalue weighted by molar-refractivity contribution is 6.30. The van der Waals surface area contributed by atoms with Crippen LogP contribution in [0.25, 0.3) is 0 Å². The van der Waals surface area contributed by atoms with Gasteiger partial charge in [0.25, 0.3) is 0 Å². The molecule has 3 aromatic rings. The Kier molecular flexibility index (Phi) is 5.51. The van der Waals surface area contributed by atoms with Crippen molar-refractivity contribution in [1.29, 1.82) is 0 Å². The van der Waals surface area contributed by atoms with Gasteiger partial charge in [-0.3, -0.25) is 14.2 Å². The lowest BCUT2D eigenvalue weighted by Gasteiger charge is -2.13. The number of ether oxygens (including phenoxy) is 1. The number of carbonyl (C=O) groups is 1. The summed E-state index contributed by atoms with van der Waals surface area (Å²) in [5, 5.41) is 12.1. The summed E-state index contributed by atoms with van der Waals surface area (Å²) in [4.78, 5) is 12.6. The van der Waals surface area contributed by atoms with Crippen LogP contribution in [-0.4, -0.2) is 32.6 Å². The number of aromatic nitrogens is 4. The number of nitrogens with one attached hydrogen (secondary N) is 1. The van der Waals surface area contributed by atoms with E-state index < -0.39 is 6.04 Å². The molecule has 27 heavy (non-hydrogen) atoms. The number of nitrogens with zero attached hydrogens (tertiary/aromatic N) is 4. The molecule has 0 saturated carbocycles. The highest BCUT2D eigenvalue weighted by Gasteiger charge is 2.20. The highest BCUT2D eigenvalue weighted by atomic mass is 35.5. The summed E-state index contributed by atoms with van der Waals surface area (Å²) < 4.78 is 8.67. The van der Waals surface area contributed by atoms with E-state index in [2.05, 4.69) is 15.5 Å². The minimum atomic E-state index is -0.488. The molecule has 7 nitrogen and oxygen atoms in total.